The second-order valence-corrected chi connectivity index (χ2v) is 7.91. The van der Waals surface area contributed by atoms with Crippen molar-refractivity contribution in [2.24, 2.45) is 5.73 Å². The number of nitrogens with two attached hydrogens (primary N) is 1. The van der Waals surface area contributed by atoms with Gasteiger partial charge in [0, 0.05) is 12.2 Å². The Labute approximate surface area is 203 Å². The molecule has 0 fully saturated rings. The maximum absolute atomic E-state index is 12.6. The molecule has 4 N–H and O–H groups in total. The fourth-order valence-corrected chi connectivity index (χ4v) is 3.17. The standard InChI is InChI=1S/C23H33F3N6O3/c1-34-19(33)17-10-12-18(13-11-17)29-21-30-20(31-22(32-21)35-16-23(24,25)26)28-15-9-7-5-3-2-4-6-8-14-27/h10-13H,2-9,14-16,27H2,1H3,(H2,28,29,30,31,32). The number of rotatable bonds is 16. The van der Waals surface area contributed by atoms with Gasteiger partial charge in [-0.1, -0.05) is 38.5 Å². The van der Waals surface area contributed by atoms with Crippen LogP contribution >= 0.6 is 0 Å². The first-order valence-corrected chi connectivity index (χ1v) is 11.7. The highest BCUT2D eigenvalue weighted by Gasteiger charge is 2.29. The van der Waals surface area contributed by atoms with Crippen LogP contribution in [0.2, 0.25) is 0 Å². The number of hydrogen-bond donors (Lipinski definition) is 3. The predicted octanol–water partition coefficient (Wildman–Crippen LogP) is 4.83. The first-order valence-electron chi connectivity index (χ1n) is 11.7. The van der Waals surface area contributed by atoms with Crippen LogP contribution in [0.15, 0.2) is 24.3 Å². The van der Waals surface area contributed by atoms with Crippen LogP contribution in [0.25, 0.3) is 0 Å². The second-order valence-electron chi connectivity index (χ2n) is 7.91. The molecule has 0 unspecified atom stereocenters. The molecule has 1 aromatic carbocycles. The summed E-state index contributed by atoms with van der Waals surface area (Å²) < 4.78 is 47.1. The van der Waals surface area contributed by atoms with E-state index in [1.165, 1.54) is 38.5 Å². The Morgan fingerprint density at radius 3 is 2.11 bits per heavy atom. The Morgan fingerprint density at radius 1 is 0.914 bits per heavy atom. The van der Waals surface area contributed by atoms with Crippen LogP contribution in [-0.4, -0.2) is 53.9 Å². The van der Waals surface area contributed by atoms with Crippen molar-refractivity contribution in [3.8, 4) is 6.01 Å². The molecule has 0 bridgehead atoms. The van der Waals surface area contributed by atoms with E-state index in [4.69, 9.17) is 10.5 Å². The number of esters is 1. The van der Waals surface area contributed by atoms with Crippen LogP contribution < -0.4 is 21.1 Å². The van der Waals surface area contributed by atoms with Crippen LogP contribution in [0, 0.1) is 0 Å². The van der Waals surface area contributed by atoms with E-state index in [2.05, 4.69) is 30.3 Å². The zero-order valence-electron chi connectivity index (χ0n) is 19.9. The van der Waals surface area contributed by atoms with Gasteiger partial charge < -0.3 is 25.8 Å². The van der Waals surface area contributed by atoms with Crippen molar-refractivity contribution in [1.82, 2.24) is 15.0 Å². The lowest BCUT2D eigenvalue weighted by Gasteiger charge is -2.12. The summed E-state index contributed by atoms with van der Waals surface area (Å²) in [4.78, 5) is 23.6. The van der Waals surface area contributed by atoms with E-state index in [1.54, 1.807) is 12.1 Å². The quantitative estimate of drug-likeness (QED) is 0.220. The van der Waals surface area contributed by atoms with Crippen molar-refractivity contribution in [1.29, 1.82) is 0 Å². The summed E-state index contributed by atoms with van der Waals surface area (Å²) in [6.07, 6.45) is 4.25. The van der Waals surface area contributed by atoms with Gasteiger partial charge in [0.05, 0.1) is 12.7 Å². The third-order valence-corrected chi connectivity index (χ3v) is 4.96. The number of carbonyl (C=O) groups excluding carboxylic acids is 1. The summed E-state index contributed by atoms with van der Waals surface area (Å²) in [6, 6.07) is 5.80. The first kappa shape index (κ1) is 28.1. The number of halogens is 3. The lowest BCUT2D eigenvalue weighted by Crippen LogP contribution is -2.21. The van der Waals surface area contributed by atoms with Crippen LogP contribution in [0.5, 0.6) is 6.01 Å². The maximum Gasteiger partial charge on any atom is 0.422 e. The Morgan fingerprint density at radius 2 is 1.51 bits per heavy atom. The minimum absolute atomic E-state index is 0.00275. The van der Waals surface area contributed by atoms with E-state index in [0.29, 0.717) is 17.8 Å². The Bertz CT molecular complexity index is 897. The highest BCUT2D eigenvalue weighted by Crippen LogP contribution is 2.20. The number of aromatic nitrogens is 3. The van der Waals surface area contributed by atoms with Crippen molar-refractivity contribution >= 4 is 23.6 Å². The van der Waals surface area contributed by atoms with E-state index in [0.717, 1.165) is 38.6 Å². The first-order chi connectivity index (χ1) is 16.8. The molecular weight excluding hydrogens is 465 g/mol. The van der Waals surface area contributed by atoms with Gasteiger partial charge in [-0.25, -0.2) is 4.79 Å². The van der Waals surface area contributed by atoms with Gasteiger partial charge in [-0.3, -0.25) is 0 Å². The largest absolute Gasteiger partial charge is 0.465 e. The number of unbranched alkanes of at least 4 members (excludes halogenated alkanes) is 7. The van der Waals surface area contributed by atoms with Gasteiger partial charge in [0.15, 0.2) is 6.61 Å². The minimum Gasteiger partial charge on any atom is -0.465 e. The van der Waals surface area contributed by atoms with E-state index >= 15 is 0 Å². The van der Waals surface area contributed by atoms with E-state index in [1.807, 2.05) is 0 Å². The molecule has 1 aromatic heterocycles. The van der Waals surface area contributed by atoms with Gasteiger partial charge in [-0.05, 0) is 43.7 Å². The number of anilines is 3. The van der Waals surface area contributed by atoms with Crippen LogP contribution in [0.1, 0.15) is 61.7 Å². The molecule has 0 spiro atoms. The van der Waals surface area contributed by atoms with Gasteiger partial charge in [-0.15, -0.1) is 0 Å². The molecule has 0 saturated carbocycles. The Hall–Kier alpha value is -3.15. The summed E-state index contributed by atoms with van der Waals surface area (Å²) in [5.74, 6) is -0.381. The van der Waals surface area contributed by atoms with Crippen molar-refractivity contribution in [2.75, 3.05) is 37.4 Å². The molecule has 9 nitrogen and oxygen atoms in total. The summed E-state index contributed by atoms with van der Waals surface area (Å²) >= 11 is 0. The zero-order chi connectivity index (χ0) is 25.5. The highest BCUT2D eigenvalue weighted by atomic mass is 19.4. The Kier molecular flexibility index (Phi) is 12.0. The van der Waals surface area contributed by atoms with Crippen molar-refractivity contribution < 1.29 is 27.4 Å². The topological polar surface area (TPSA) is 124 Å². The van der Waals surface area contributed by atoms with Crippen LogP contribution in [0.3, 0.4) is 0 Å². The van der Waals surface area contributed by atoms with E-state index in [-0.39, 0.29) is 11.9 Å². The number of nitrogens with zero attached hydrogens (tertiary/aromatic N) is 3. The molecule has 194 valence electrons. The molecule has 0 aliphatic carbocycles. The average Bonchev–Trinajstić information content (AvgIpc) is 2.83. The van der Waals surface area contributed by atoms with E-state index < -0.39 is 24.8 Å². The number of methoxy groups -OCH3 is 1. The third kappa shape index (κ3) is 11.7. The molecule has 12 heteroatoms. The molecule has 35 heavy (non-hydrogen) atoms. The number of hydrogen-bond acceptors (Lipinski definition) is 9. The van der Waals surface area contributed by atoms with Gasteiger partial charge in [0.25, 0.3) is 0 Å². The normalized spacial score (nSPS) is 11.2. The molecule has 2 rings (SSSR count). The zero-order valence-corrected chi connectivity index (χ0v) is 19.9. The van der Waals surface area contributed by atoms with E-state index in [9.17, 15) is 18.0 Å². The fraction of sp³-hybridized carbons (Fsp3) is 0.565. The van der Waals surface area contributed by atoms with Crippen LogP contribution in [-0.2, 0) is 4.74 Å². The molecule has 0 amide bonds. The van der Waals surface area contributed by atoms with Crippen molar-refractivity contribution in [2.45, 2.75) is 57.5 Å². The summed E-state index contributed by atoms with van der Waals surface area (Å²) in [6.45, 7) is -0.219. The molecule has 0 atom stereocenters. The highest BCUT2D eigenvalue weighted by molar-refractivity contribution is 5.89. The predicted molar refractivity (Wildman–Crippen MR) is 127 cm³/mol. The van der Waals surface area contributed by atoms with Gasteiger partial charge >= 0.3 is 18.2 Å². The summed E-state index contributed by atoms with van der Waals surface area (Å²) in [5.41, 5.74) is 6.35. The number of ether oxygens (including phenoxy) is 2. The summed E-state index contributed by atoms with van der Waals surface area (Å²) in [7, 11) is 1.28. The second kappa shape index (κ2) is 15.0. The molecule has 0 radical (unpaired) electrons. The Balaban J connectivity index is 1.93. The number of benzene rings is 1. The average molecular weight is 499 g/mol. The van der Waals surface area contributed by atoms with Gasteiger partial charge in [-0.2, -0.15) is 28.1 Å². The van der Waals surface area contributed by atoms with Gasteiger partial charge in [0.1, 0.15) is 0 Å². The number of alkyl halides is 3. The maximum atomic E-state index is 12.6. The van der Waals surface area contributed by atoms with Crippen molar-refractivity contribution in [3.05, 3.63) is 29.8 Å². The smallest absolute Gasteiger partial charge is 0.422 e. The monoisotopic (exact) mass is 498 g/mol. The third-order valence-electron chi connectivity index (χ3n) is 4.96. The molecule has 2 aromatic rings. The van der Waals surface area contributed by atoms with Crippen LogP contribution in [0.4, 0.5) is 30.8 Å². The molecule has 0 aliphatic rings. The lowest BCUT2D eigenvalue weighted by molar-refractivity contribution is -0.154. The molecular formula is C23H33F3N6O3. The molecule has 1 heterocycles. The number of carbonyl (C=O) groups is 1. The van der Waals surface area contributed by atoms with Crippen molar-refractivity contribution in [3.63, 3.8) is 0 Å². The lowest BCUT2D eigenvalue weighted by atomic mass is 10.1. The summed E-state index contributed by atoms with van der Waals surface area (Å²) in [5, 5.41) is 5.90. The fourth-order valence-electron chi connectivity index (χ4n) is 3.17. The number of nitrogens with one attached hydrogen (secondary N) is 2. The molecule has 0 aliphatic heterocycles. The SMILES string of the molecule is COC(=O)c1ccc(Nc2nc(NCCCCCCCCCCN)nc(OCC(F)(F)F)n2)cc1. The van der Waals surface area contributed by atoms with Gasteiger partial charge in [0.2, 0.25) is 11.9 Å². The molecule has 0 saturated heterocycles. The minimum atomic E-state index is -4.53.